The predicted octanol–water partition coefficient (Wildman–Crippen LogP) is 1.27. The number of nitrogens with zero attached hydrogens (tertiary/aromatic N) is 5. The lowest BCUT2D eigenvalue weighted by molar-refractivity contribution is -0.161. The minimum absolute atomic E-state index is 0.130. The standard InChI is InChI=1S/C21H29N5O3S/c1-29-18-10-17(22-13-23-18)25-11-14-9-15(12-25)20(21(28)24-5-7-30-8-6-24)26-16(14)3-2-4-19(26)27/h10,13-16,20H,2-9,11-12H2,1H3/t14-,15+,16+,20-/m1/s1. The third-order valence-electron chi connectivity index (χ3n) is 7.08. The molecule has 1 aromatic heterocycles. The monoisotopic (exact) mass is 431 g/mol. The number of piperidine rings is 3. The number of ether oxygens (including phenoxy) is 1. The summed E-state index contributed by atoms with van der Waals surface area (Å²) in [5, 5.41) is 0. The van der Waals surface area contributed by atoms with Crippen molar-refractivity contribution in [2.45, 2.75) is 37.8 Å². The Morgan fingerprint density at radius 2 is 2.00 bits per heavy atom. The van der Waals surface area contributed by atoms with E-state index in [4.69, 9.17) is 4.74 Å². The fourth-order valence-electron chi connectivity index (χ4n) is 5.75. The third-order valence-corrected chi connectivity index (χ3v) is 8.02. The Kier molecular flexibility index (Phi) is 5.47. The van der Waals surface area contributed by atoms with Crippen molar-refractivity contribution < 1.29 is 14.3 Å². The molecular weight excluding hydrogens is 402 g/mol. The topological polar surface area (TPSA) is 78.9 Å². The summed E-state index contributed by atoms with van der Waals surface area (Å²) in [6.45, 7) is 3.16. The van der Waals surface area contributed by atoms with Crippen LogP contribution < -0.4 is 9.64 Å². The van der Waals surface area contributed by atoms with Crippen LogP contribution in [0.2, 0.25) is 0 Å². The fourth-order valence-corrected chi connectivity index (χ4v) is 6.65. The lowest BCUT2D eigenvalue weighted by atomic mass is 9.71. The van der Waals surface area contributed by atoms with Gasteiger partial charge in [-0.2, -0.15) is 11.8 Å². The highest BCUT2D eigenvalue weighted by molar-refractivity contribution is 7.99. The molecule has 1 aromatic rings. The highest BCUT2D eigenvalue weighted by atomic mass is 32.2. The van der Waals surface area contributed by atoms with Crippen LogP contribution in [0.15, 0.2) is 12.4 Å². The summed E-state index contributed by atoms with van der Waals surface area (Å²) >= 11 is 1.90. The molecule has 2 bridgehead atoms. The molecule has 162 valence electrons. The van der Waals surface area contributed by atoms with Crippen LogP contribution >= 0.6 is 11.8 Å². The Bertz CT molecular complexity index is 818. The lowest BCUT2D eigenvalue weighted by Gasteiger charge is -2.56. The van der Waals surface area contributed by atoms with Gasteiger partial charge in [0.2, 0.25) is 17.7 Å². The maximum absolute atomic E-state index is 13.7. The zero-order chi connectivity index (χ0) is 20.7. The zero-order valence-electron chi connectivity index (χ0n) is 17.4. The van der Waals surface area contributed by atoms with Gasteiger partial charge in [0.1, 0.15) is 18.2 Å². The summed E-state index contributed by atoms with van der Waals surface area (Å²) in [5.41, 5.74) is 0. The Labute approximate surface area is 181 Å². The van der Waals surface area contributed by atoms with E-state index in [0.29, 0.717) is 18.2 Å². The molecule has 4 saturated heterocycles. The number of anilines is 1. The first-order valence-electron chi connectivity index (χ1n) is 10.9. The largest absolute Gasteiger partial charge is 0.481 e. The van der Waals surface area contributed by atoms with Gasteiger partial charge in [0.25, 0.3) is 0 Å². The molecule has 5 rings (SSSR count). The molecule has 9 heteroatoms. The van der Waals surface area contributed by atoms with E-state index in [1.54, 1.807) is 7.11 Å². The van der Waals surface area contributed by atoms with Crippen LogP contribution in [-0.2, 0) is 9.59 Å². The van der Waals surface area contributed by atoms with Crippen LogP contribution in [0.3, 0.4) is 0 Å². The van der Waals surface area contributed by atoms with Gasteiger partial charge in [0.05, 0.1) is 7.11 Å². The molecule has 0 saturated carbocycles. The highest BCUT2D eigenvalue weighted by Crippen LogP contribution is 2.43. The van der Waals surface area contributed by atoms with Gasteiger partial charge in [-0.3, -0.25) is 9.59 Å². The fraction of sp³-hybridized carbons (Fsp3) is 0.714. The number of aromatic nitrogens is 2. The van der Waals surface area contributed by atoms with E-state index in [-0.39, 0.29) is 29.8 Å². The SMILES string of the molecule is COc1cc(N2C[C@H]3C[C@@H](C2)[C@H](C(=O)N2CCSCC2)N2C(=O)CCC[C@@H]32)ncn1. The normalized spacial score (nSPS) is 31.4. The minimum Gasteiger partial charge on any atom is -0.481 e. The second kappa shape index (κ2) is 8.24. The summed E-state index contributed by atoms with van der Waals surface area (Å²) in [6.07, 6.45) is 5.02. The summed E-state index contributed by atoms with van der Waals surface area (Å²) in [6, 6.07) is 1.68. The average Bonchev–Trinajstić information content (AvgIpc) is 2.80. The van der Waals surface area contributed by atoms with Crippen molar-refractivity contribution in [1.82, 2.24) is 19.8 Å². The van der Waals surface area contributed by atoms with E-state index in [1.165, 1.54) is 6.33 Å². The van der Waals surface area contributed by atoms with Gasteiger partial charge in [-0.25, -0.2) is 9.97 Å². The first kappa shape index (κ1) is 19.9. The van der Waals surface area contributed by atoms with Crippen LogP contribution in [0, 0.1) is 11.8 Å². The number of fused-ring (bicyclic) bond motifs is 4. The van der Waals surface area contributed by atoms with Crippen molar-refractivity contribution in [2.75, 3.05) is 49.7 Å². The molecule has 8 nitrogen and oxygen atoms in total. The predicted molar refractivity (Wildman–Crippen MR) is 115 cm³/mol. The zero-order valence-corrected chi connectivity index (χ0v) is 18.2. The van der Waals surface area contributed by atoms with Crippen molar-refractivity contribution in [3.05, 3.63) is 12.4 Å². The lowest BCUT2D eigenvalue weighted by Crippen LogP contribution is -2.69. The molecule has 4 aliphatic heterocycles. The highest BCUT2D eigenvalue weighted by Gasteiger charge is 2.53. The number of thioether (sulfide) groups is 1. The van der Waals surface area contributed by atoms with E-state index in [0.717, 1.165) is 62.8 Å². The van der Waals surface area contributed by atoms with E-state index >= 15 is 0 Å². The quantitative estimate of drug-likeness (QED) is 0.713. The molecule has 0 aromatic carbocycles. The van der Waals surface area contributed by atoms with Gasteiger partial charge in [0.15, 0.2) is 0 Å². The average molecular weight is 432 g/mol. The van der Waals surface area contributed by atoms with E-state index < -0.39 is 0 Å². The van der Waals surface area contributed by atoms with Crippen LogP contribution in [0.4, 0.5) is 5.82 Å². The van der Waals surface area contributed by atoms with Gasteiger partial charge in [0, 0.05) is 62.1 Å². The van der Waals surface area contributed by atoms with Gasteiger partial charge in [-0.05, 0) is 25.2 Å². The number of methoxy groups -OCH3 is 1. The van der Waals surface area contributed by atoms with E-state index in [9.17, 15) is 9.59 Å². The minimum atomic E-state index is -0.339. The van der Waals surface area contributed by atoms with Gasteiger partial charge in [-0.1, -0.05) is 0 Å². The van der Waals surface area contributed by atoms with Crippen LogP contribution in [0.25, 0.3) is 0 Å². The summed E-state index contributed by atoms with van der Waals surface area (Å²) in [4.78, 5) is 41.5. The van der Waals surface area contributed by atoms with Crippen molar-refractivity contribution in [3.63, 3.8) is 0 Å². The molecule has 0 N–H and O–H groups in total. The van der Waals surface area contributed by atoms with Crippen LogP contribution in [0.1, 0.15) is 25.7 Å². The van der Waals surface area contributed by atoms with Crippen molar-refractivity contribution in [3.8, 4) is 5.88 Å². The van der Waals surface area contributed by atoms with Crippen molar-refractivity contribution >= 4 is 29.4 Å². The molecule has 4 fully saturated rings. The first-order chi connectivity index (χ1) is 14.7. The second-order valence-corrected chi connectivity index (χ2v) is 9.95. The Balaban J connectivity index is 1.46. The number of hydrogen-bond donors (Lipinski definition) is 0. The third kappa shape index (κ3) is 3.50. The maximum atomic E-state index is 13.7. The van der Waals surface area contributed by atoms with Crippen LogP contribution in [-0.4, -0.2) is 88.5 Å². The molecule has 2 amide bonds. The molecule has 5 heterocycles. The van der Waals surface area contributed by atoms with Gasteiger partial charge >= 0.3 is 0 Å². The van der Waals surface area contributed by atoms with Crippen LogP contribution in [0.5, 0.6) is 5.88 Å². The molecule has 4 atom stereocenters. The Hall–Kier alpha value is -2.03. The smallest absolute Gasteiger partial charge is 0.245 e. The molecular formula is C21H29N5O3S. The second-order valence-electron chi connectivity index (χ2n) is 8.72. The van der Waals surface area contributed by atoms with E-state index in [1.807, 2.05) is 27.6 Å². The molecule has 0 radical (unpaired) electrons. The van der Waals surface area contributed by atoms with Crippen molar-refractivity contribution in [1.29, 1.82) is 0 Å². The Morgan fingerprint density at radius 3 is 2.80 bits per heavy atom. The van der Waals surface area contributed by atoms with E-state index in [2.05, 4.69) is 14.9 Å². The molecule has 0 spiro atoms. The Morgan fingerprint density at radius 1 is 1.20 bits per heavy atom. The van der Waals surface area contributed by atoms with Gasteiger partial charge < -0.3 is 19.4 Å². The molecule has 0 aliphatic carbocycles. The summed E-state index contributed by atoms with van der Waals surface area (Å²) < 4.78 is 5.28. The number of hydrogen-bond acceptors (Lipinski definition) is 7. The first-order valence-corrected chi connectivity index (χ1v) is 12.1. The number of amides is 2. The summed E-state index contributed by atoms with van der Waals surface area (Å²) in [5.74, 6) is 4.17. The molecule has 0 unspecified atom stereocenters. The molecule has 4 aliphatic rings. The number of carbonyl (C=O) groups excluding carboxylic acids is 2. The summed E-state index contributed by atoms with van der Waals surface area (Å²) in [7, 11) is 1.61. The van der Waals surface area contributed by atoms with Crippen molar-refractivity contribution in [2.24, 2.45) is 11.8 Å². The molecule has 30 heavy (non-hydrogen) atoms. The number of rotatable bonds is 3. The number of carbonyl (C=O) groups is 2. The maximum Gasteiger partial charge on any atom is 0.245 e. The van der Waals surface area contributed by atoms with Gasteiger partial charge in [-0.15, -0.1) is 0 Å².